The molecule has 13 heteroatoms. The fourth-order valence-corrected chi connectivity index (χ4v) is 3.71. The van der Waals surface area contributed by atoms with Crippen LogP contribution >= 0.6 is 0 Å². The summed E-state index contributed by atoms with van der Waals surface area (Å²) in [5.74, 6) is 0. The van der Waals surface area contributed by atoms with Gasteiger partial charge in [0, 0.05) is 5.69 Å². The van der Waals surface area contributed by atoms with Crippen molar-refractivity contribution in [2.75, 3.05) is 5.73 Å². The van der Waals surface area contributed by atoms with Crippen molar-refractivity contribution < 1.29 is 52.7 Å². The monoisotopic (exact) mass is 545 g/mol. The minimum absolute atomic E-state index is 0.0415. The Morgan fingerprint density at radius 2 is 0.622 bits per heavy atom. The molecular weight excluding hydrogens is 530 g/mol. The molecule has 0 aromatic heterocycles. The summed E-state index contributed by atoms with van der Waals surface area (Å²) in [6, 6.07) is 5.66. The quantitative estimate of drug-likeness (QED) is 0.258. The van der Waals surface area contributed by atoms with Crippen molar-refractivity contribution in [1.29, 1.82) is 0 Å². The highest BCUT2D eigenvalue weighted by atomic mass is 19.4. The minimum atomic E-state index is -5.07. The number of alkyl halides is 12. The molecule has 0 amide bonds. The van der Waals surface area contributed by atoms with E-state index in [4.69, 9.17) is 5.73 Å². The topological polar surface area (TPSA) is 26.0 Å². The lowest BCUT2D eigenvalue weighted by atomic mass is 9.95. The zero-order chi connectivity index (χ0) is 28.0. The molecule has 1 nitrogen and oxygen atoms in total. The van der Waals surface area contributed by atoms with Crippen LogP contribution in [0.3, 0.4) is 0 Å². The Balaban J connectivity index is 2.01. The average molecular weight is 545 g/mol. The predicted molar refractivity (Wildman–Crippen MR) is 109 cm³/mol. The fourth-order valence-electron chi connectivity index (χ4n) is 3.71. The van der Waals surface area contributed by atoms with Gasteiger partial charge >= 0.3 is 24.7 Å². The van der Waals surface area contributed by atoms with Gasteiger partial charge in [0.1, 0.15) is 0 Å². The molecule has 0 spiro atoms. The maximum atomic E-state index is 13.1. The summed E-state index contributed by atoms with van der Waals surface area (Å²) < 4.78 is 158. The van der Waals surface area contributed by atoms with Gasteiger partial charge in [-0.2, -0.15) is 52.7 Å². The second-order valence-electron chi connectivity index (χ2n) is 8.26. The highest BCUT2D eigenvalue weighted by Crippen LogP contribution is 2.38. The van der Waals surface area contributed by atoms with Crippen LogP contribution in [0, 0.1) is 0 Å². The van der Waals surface area contributed by atoms with E-state index >= 15 is 0 Å². The standard InChI is InChI=1S/C24H15F12N/c25-21(26,27)16-4-14(5-17(10-16)22(28,29)30)2-12-1-13(9-20(37)8-12)3-15-6-18(23(31,32)33)11-19(7-15)24(34,35)36/h1,4-11H,2-3,37H2. The van der Waals surface area contributed by atoms with Crippen molar-refractivity contribution in [3.05, 3.63) is 99.1 Å². The maximum Gasteiger partial charge on any atom is 0.416 e. The largest absolute Gasteiger partial charge is 0.416 e. The van der Waals surface area contributed by atoms with E-state index in [2.05, 4.69) is 0 Å². The molecule has 0 aliphatic rings. The summed E-state index contributed by atoms with van der Waals surface area (Å²) in [7, 11) is 0. The Labute approximate surface area is 201 Å². The molecule has 3 aromatic carbocycles. The van der Waals surface area contributed by atoms with Gasteiger partial charge in [-0.3, -0.25) is 0 Å². The number of hydrogen-bond acceptors (Lipinski definition) is 1. The molecule has 0 saturated heterocycles. The summed E-state index contributed by atoms with van der Waals surface area (Å²) in [4.78, 5) is 0. The van der Waals surface area contributed by atoms with Crippen molar-refractivity contribution in [2.45, 2.75) is 37.5 Å². The normalized spacial score (nSPS) is 13.2. The Morgan fingerprint density at radius 1 is 0.378 bits per heavy atom. The number of nitrogens with two attached hydrogens (primary N) is 1. The molecule has 0 bridgehead atoms. The second-order valence-corrected chi connectivity index (χ2v) is 8.26. The van der Waals surface area contributed by atoms with Crippen LogP contribution in [0.4, 0.5) is 58.4 Å². The van der Waals surface area contributed by atoms with Crippen LogP contribution in [0.25, 0.3) is 0 Å². The van der Waals surface area contributed by atoms with Gasteiger partial charge in [-0.15, -0.1) is 0 Å². The van der Waals surface area contributed by atoms with Gasteiger partial charge in [-0.25, -0.2) is 0 Å². The van der Waals surface area contributed by atoms with Crippen LogP contribution < -0.4 is 5.73 Å². The third kappa shape index (κ3) is 7.32. The van der Waals surface area contributed by atoms with Crippen molar-refractivity contribution in [3.8, 4) is 0 Å². The third-order valence-corrected chi connectivity index (χ3v) is 5.19. The lowest BCUT2D eigenvalue weighted by molar-refractivity contribution is -0.144. The van der Waals surface area contributed by atoms with Gasteiger partial charge in [0.05, 0.1) is 22.3 Å². The van der Waals surface area contributed by atoms with Crippen molar-refractivity contribution in [2.24, 2.45) is 0 Å². The molecule has 0 aliphatic carbocycles. The summed E-state index contributed by atoms with van der Waals surface area (Å²) in [5, 5.41) is 0. The third-order valence-electron chi connectivity index (χ3n) is 5.19. The molecule has 0 fully saturated rings. The Hall–Kier alpha value is -3.38. The first-order valence-corrected chi connectivity index (χ1v) is 10.2. The molecule has 37 heavy (non-hydrogen) atoms. The van der Waals surface area contributed by atoms with E-state index in [0.717, 1.165) is 0 Å². The van der Waals surface area contributed by atoms with E-state index < -0.39 is 59.8 Å². The van der Waals surface area contributed by atoms with Crippen LogP contribution in [-0.2, 0) is 37.5 Å². The number of halogens is 12. The molecule has 0 atom stereocenters. The predicted octanol–water partition coefficient (Wildman–Crippen LogP) is 8.53. The zero-order valence-electron chi connectivity index (χ0n) is 18.2. The lowest BCUT2D eigenvalue weighted by Gasteiger charge is -2.16. The van der Waals surface area contributed by atoms with Gasteiger partial charge in [0.25, 0.3) is 0 Å². The molecule has 0 aliphatic heterocycles. The van der Waals surface area contributed by atoms with E-state index in [1.807, 2.05) is 0 Å². The summed E-state index contributed by atoms with van der Waals surface area (Å²) in [5.41, 5.74) is -0.998. The van der Waals surface area contributed by atoms with Crippen molar-refractivity contribution in [3.63, 3.8) is 0 Å². The number of benzene rings is 3. The highest BCUT2D eigenvalue weighted by molar-refractivity contribution is 5.48. The molecule has 200 valence electrons. The maximum absolute atomic E-state index is 13.1. The molecule has 0 saturated carbocycles. The van der Waals surface area contributed by atoms with Crippen LogP contribution in [0.1, 0.15) is 44.5 Å². The molecule has 0 heterocycles. The summed E-state index contributed by atoms with van der Waals surface area (Å²) in [6.07, 6.45) is -21.2. The highest BCUT2D eigenvalue weighted by Gasteiger charge is 2.38. The Morgan fingerprint density at radius 3 is 0.865 bits per heavy atom. The van der Waals surface area contributed by atoms with Gasteiger partial charge < -0.3 is 5.73 Å². The van der Waals surface area contributed by atoms with Crippen LogP contribution in [-0.4, -0.2) is 0 Å². The van der Waals surface area contributed by atoms with Gasteiger partial charge in [-0.1, -0.05) is 6.07 Å². The Bertz CT molecular complexity index is 1120. The molecule has 3 rings (SSSR count). The van der Waals surface area contributed by atoms with Gasteiger partial charge in [-0.05, 0) is 83.6 Å². The summed E-state index contributed by atoms with van der Waals surface area (Å²) >= 11 is 0. The molecular formula is C24H15F12N. The first-order chi connectivity index (χ1) is 16.7. The second kappa shape index (κ2) is 9.49. The molecule has 3 aromatic rings. The first kappa shape index (κ1) is 28.2. The van der Waals surface area contributed by atoms with Gasteiger partial charge in [0.2, 0.25) is 0 Å². The first-order valence-electron chi connectivity index (χ1n) is 10.2. The average Bonchev–Trinajstić information content (AvgIpc) is 2.70. The Kier molecular flexibility index (Phi) is 7.23. The minimum Gasteiger partial charge on any atom is -0.399 e. The molecule has 0 radical (unpaired) electrons. The van der Waals surface area contributed by atoms with E-state index in [9.17, 15) is 52.7 Å². The number of anilines is 1. The van der Waals surface area contributed by atoms with Crippen LogP contribution in [0.2, 0.25) is 0 Å². The van der Waals surface area contributed by atoms with Crippen molar-refractivity contribution >= 4 is 5.69 Å². The van der Waals surface area contributed by atoms with Gasteiger partial charge in [0.15, 0.2) is 0 Å². The lowest BCUT2D eigenvalue weighted by Crippen LogP contribution is -2.12. The zero-order valence-corrected chi connectivity index (χ0v) is 18.2. The fraction of sp³-hybridized carbons (Fsp3) is 0.250. The SMILES string of the molecule is Nc1cc(Cc2cc(C(F)(F)F)cc(C(F)(F)F)c2)cc(Cc2cc(C(F)(F)F)cc(C(F)(F)F)c2)c1. The van der Waals surface area contributed by atoms with Crippen molar-refractivity contribution in [1.82, 2.24) is 0 Å². The van der Waals surface area contributed by atoms with Crippen LogP contribution in [0.15, 0.2) is 54.6 Å². The molecule has 2 N–H and O–H groups in total. The van der Waals surface area contributed by atoms with E-state index in [1.165, 1.54) is 18.2 Å². The van der Waals surface area contributed by atoms with Crippen LogP contribution in [0.5, 0.6) is 0 Å². The van der Waals surface area contributed by atoms with E-state index in [-0.39, 0.29) is 40.1 Å². The van der Waals surface area contributed by atoms with E-state index in [1.54, 1.807) is 0 Å². The molecule has 0 unspecified atom stereocenters. The summed E-state index contributed by atoms with van der Waals surface area (Å²) in [6.45, 7) is 0. The number of nitrogen functional groups attached to an aromatic ring is 1. The smallest absolute Gasteiger partial charge is 0.399 e. The number of hydrogen-bond donors (Lipinski definition) is 1. The number of rotatable bonds is 4. The van der Waals surface area contributed by atoms with E-state index in [0.29, 0.717) is 24.3 Å².